The van der Waals surface area contributed by atoms with Crippen LogP contribution in [-0.2, 0) is 13.6 Å². The van der Waals surface area contributed by atoms with Crippen molar-refractivity contribution in [2.45, 2.75) is 6.54 Å². The van der Waals surface area contributed by atoms with Crippen LogP contribution in [0.25, 0.3) is 10.9 Å². The first-order valence-corrected chi connectivity index (χ1v) is 5.51. The topological polar surface area (TPSA) is 28.4 Å². The fourth-order valence-electron chi connectivity index (χ4n) is 2.03. The summed E-state index contributed by atoms with van der Waals surface area (Å²) >= 11 is 0. The molecule has 0 aliphatic carbocycles. The summed E-state index contributed by atoms with van der Waals surface area (Å²) in [5.41, 5.74) is 2.30. The van der Waals surface area contributed by atoms with E-state index in [9.17, 15) is 5.11 Å². The molecule has 2 aromatic rings. The fraction of sp³-hybridized carbons (Fsp3) is 0.286. The van der Waals surface area contributed by atoms with E-state index in [1.807, 2.05) is 20.2 Å². The predicted octanol–water partition coefficient (Wildman–Crippen LogP) is 2.37. The zero-order chi connectivity index (χ0) is 12.4. The number of hydrogen-bond donors (Lipinski definition) is 1. The smallest absolute Gasteiger partial charge is 0.116 e. The Kier molecular flexibility index (Phi) is 4.66. The molecule has 0 amide bonds. The van der Waals surface area contributed by atoms with Gasteiger partial charge in [-0.25, -0.2) is 0 Å². The van der Waals surface area contributed by atoms with Gasteiger partial charge in [0.05, 0.1) is 6.54 Å². The number of benzene rings is 1. The Morgan fingerprint density at radius 2 is 2.11 bits per heavy atom. The maximum Gasteiger partial charge on any atom is 0.116 e. The maximum absolute atomic E-state index is 9.45. The molecule has 0 saturated carbocycles. The summed E-state index contributed by atoms with van der Waals surface area (Å²) in [5, 5.41) is 10.5. The minimum atomic E-state index is 0. The Bertz CT molecular complexity index is 583. The SMILES string of the molecule is C#CCN(C)Cc1cc2cc(O)ccc2n1C.Cl. The van der Waals surface area contributed by atoms with Crippen molar-refractivity contribution >= 4 is 23.3 Å². The average molecular weight is 265 g/mol. The molecule has 0 aliphatic rings. The van der Waals surface area contributed by atoms with Crippen molar-refractivity contribution in [2.75, 3.05) is 13.6 Å². The normalized spacial score (nSPS) is 10.3. The van der Waals surface area contributed by atoms with Gasteiger partial charge in [0.15, 0.2) is 0 Å². The summed E-state index contributed by atoms with van der Waals surface area (Å²) < 4.78 is 2.13. The Morgan fingerprint density at radius 1 is 1.39 bits per heavy atom. The number of nitrogens with zero attached hydrogens (tertiary/aromatic N) is 2. The number of phenols is 1. The van der Waals surface area contributed by atoms with E-state index in [2.05, 4.69) is 21.5 Å². The summed E-state index contributed by atoms with van der Waals surface area (Å²) in [7, 11) is 4.02. The Hall–Kier alpha value is -1.63. The molecule has 3 nitrogen and oxygen atoms in total. The van der Waals surface area contributed by atoms with E-state index in [1.54, 1.807) is 12.1 Å². The van der Waals surface area contributed by atoms with Crippen LogP contribution in [-0.4, -0.2) is 28.2 Å². The van der Waals surface area contributed by atoms with E-state index in [4.69, 9.17) is 6.42 Å². The first-order chi connectivity index (χ1) is 8.11. The van der Waals surface area contributed by atoms with Gasteiger partial charge in [-0.1, -0.05) is 5.92 Å². The van der Waals surface area contributed by atoms with Crippen LogP contribution in [0.3, 0.4) is 0 Å². The molecule has 96 valence electrons. The molecule has 1 aromatic carbocycles. The second-order valence-electron chi connectivity index (χ2n) is 4.31. The molecule has 1 aromatic heterocycles. The fourth-order valence-corrected chi connectivity index (χ4v) is 2.03. The summed E-state index contributed by atoms with van der Waals surface area (Å²) in [6.07, 6.45) is 5.28. The summed E-state index contributed by atoms with van der Waals surface area (Å²) in [5.74, 6) is 2.92. The highest BCUT2D eigenvalue weighted by Gasteiger charge is 2.08. The minimum Gasteiger partial charge on any atom is -0.508 e. The highest BCUT2D eigenvalue weighted by molar-refractivity contribution is 5.85. The van der Waals surface area contributed by atoms with Crippen LogP contribution in [0.4, 0.5) is 0 Å². The molecule has 0 saturated heterocycles. The number of aromatic nitrogens is 1. The largest absolute Gasteiger partial charge is 0.508 e. The van der Waals surface area contributed by atoms with Crippen molar-refractivity contribution in [3.8, 4) is 18.1 Å². The lowest BCUT2D eigenvalue weighted by atomic mass is 10.2. The second kappa shape index (κ2) is 5.81. The molecule has 4 heteroatoms. The molecular formula is C14H17ClN2O. The minimum absolute atomic E-state index is 0. The van der Waals surface area contributed by atoms with Crippen LogP contribution < -0.4 is 0 Å². The second-order valence-corrected chi connectivity index (χ2v) is 4.31. The maximum atomic E-state index is 9.45. The number of rotatable bonds is 3. The van der Waals surface area contributed by atoms with Crippen LogP contribution >= 0.6 is 12.4 Å². The molecule has 0 bridgehead atoms. The molecule has 2 rings (SSSR count). The third-order valence-corrected chi connectivity index (χ3v) is 2.92. The number of fused-ring (bicyclic) bond motifs is 1. The standard InChI is InChI=1S/C14H16N2O.ClH/c1-4-7-15(2)10-12-8-11-9-13(17)5-6-14(11)16(12)3;/h1,5-6,8-9,17H,7,10H2,2-3H3;1H. The molecule has 1 N–H and O–H groups in total. The van der Waals surface area contributed by atoms with Crippen LogP contribution in [0.5, 0.6) is 5.75 Å². The van der Waals surface area contributed by atoms with Gasteiger partial charge in [0.1, 0.15) is 5.75 Å². The van der Waals surface area contributed by atoms with Gasteiger partial charge in [-0.05, 0) is 31.3 Å². The van der Waals surface area contributed by atoms with Gasteiger partial charge in [0.25, 0.3) is 0 Å². The number of aryl methyl sites for hydroxylation is 1. The van der Waals surface area contributed by atoms with Crippen molar-refractivity contribution in [3.63, 3.8) is 0 Å². The number of terminal acetylenes is 1. The number of halogens is 1. The lowest BCUT2D eigenvalue weighted by molar-refractivity contribution is 0.360. The van der Waals surface area contributed by atoms with E-state index in [-0.39, 0.29) is 12.4 Å². The molecule has 1 heterocycles. The lowest BCUT2D eigenvalue weighted by Crippen LogP contribution is -2.19. The third kappa shape index (κ3) is 2.79. The molecule has 0 unspecified atom stereocenters. The van der Waals surface area contributed by atoms with E-state index in [0.717, 1.165) is 17.4 Å². The van der Waals surface area contributed by atoms with Crippen molar-refractivity contribution in [3.05, 3.63) is 30.0 Å². The third-order valence-electron chi connectivity index (χ3n) is 2.92. The Labute approximate surface area is 113 Å². The molecular weight excluding hydrogens is 248 g/mol. The summed E-state index contributed by atoms with van der Waals surface area (Å²) in [6, 6.07) is 7.49. The van der Waals surface area contributed by atoms with Gasteiger partial charge < -0.3 is 9.67 Å². The predicted molar refractivity (Wildman–Crippen MR) is 77.0 cm³/mol. The zero-order valence-corrected chi connectivity index (χ0v) is 11.4. The van der Waals surface area contributed by atoms with Gasteiger partial charge in [-0.3, -0.25) is 4.90 Å². The van der Waals surface area contributed by atoms with Crippen molar-refractivity contribution in [1.82, 2.24) is 9.47 Å². The van der Waals surface area contributed by atoms with E-state index in [1.165, 1.54) is 5.69 Å². The molecule has 0 fully saturated rings. The average Bonchev–Trinajstić information content (AvgIpc) is 2.55. The van der Waals surface area contributed by atoms with Crippen molar-refractivity contribution in [2.24, 2.45) is 7.05 Å². The summed E-state index contributed by atoms with van der Waals surface area (Å²) in [4.78, 5) is 2.08. The van der Waals surface area contributed by atoms with Gasteiger partial charge >= 0.3 is 0 Å². The quantitative estimate of drug-likeness (QED) is 0.863. The van der Waals surface area contributed by atoms with Gasteiger partial charge in [0, 0.05) is 30.2 Å². The van der Waals surface area contributed by atoms with Gasteiger partial charge in [-0.15, -0.1) is 18.8 Å². The monoisotopic (exact) mass is 264 g/mol. The van der Waals surface area contributed by atoms with E-state index >= 15 is 0 Å². The van der Waals surface area contributed by atoms with Crippen LogP contribution in [0.1, 0.15) is 5.69 Å². The van der Waals surface area contributed by atoms with Gasteiger partial charge in [-0.2, -0.15) is 0 Å². The Balaban J connectivity index is 0.00000162. The van der Waals surface area contributed by atoms with Gasteiger partial charge in [0.2, 0.25) is 0 Å². The molecule has 18 heavy (non-hydrogen) atoms. The number of phenolic OH excluding ortho intramolecular Hbond substituents is 1. The van der Waals surface area contributed by atoms with Crippen LogP contribution in [0.2, 0.25) is 0 Å². The molecule has 0 radical (unpaired) electrons. The van der Waals surface area contributed by atoms with Crippen molar-refractivity contribution < 1.29 is 5.11 Å². The Morgan fingerprint density at radius 3 is 2.78 bits per heavy atom. The van der Waals surface area contributed by atoms with E-state index < -0.39 is 0 Å². The van der Waals surface area contributed by atoms with Crippen LogP contribution in [0.15, 0.2) is 24.3 Å². The first-order valence-electron chi connectivity index (χ1n) is 5.51. The van der Waals surface area contributed by atoms with E-state index in [0.29, 0.717) is 12.3 Å². The summed E-state index contributed by atoms with van der Waals surface area (Å²) in [6.45, 7) is 1.43. The first kappa shape index (κ1) is 14.4. The molecule has 0 spiro atoms. The highest BCUT2D eigenvalue weighted by Crippen LogP contribution is 2.23. The van der Waals surface area contributed by atoms with Crippen LogP contribution in [0, 0.1) is 12.3 Å². The number of aromatic hydroxyl groups is 1. The van der Waals surface area contributed by atoms with Crippen molar-refractivity contribution in [1.29, 1.82) is 0 Å². The zero-order valence-electron chi connectivity index (χ0n) is 10.6. The number of hydrogen-bond acceptors (Lipinski definition) is 2. The highest BCUT2D eigenvalue weighted by atomic mass is 35.5. The lowest BCUT2D eigenvalue weighted by Gasteiger charge is -2.13. The molecule has 0 atom stereocenters. The molecule has 0 aliphatic heterocycles.